The van der Waals surface area contributed by atoms with Crippen LogP contribution < -0.4 is 10.1 Å². The third-order valence-electron chi connectivity index (χ3n) is 4.46. The summed E-state index contributed by atoms with van der Waals surface area (Å²) in [4.78, 5) is 24.1. The molecule has 0 aliphatic rings. The smallest absolute Gasteiger partial charge is 0.331 e. The Bertz CT molecular complexity index is 1070. The van der Waals surface area contributed by atoms with Gasteiger partial charge in [0.2, 0.25) is 0 Å². The van der Waals surface area contributed by atoms with Crippen LogP contribution in [-0.2, 0) is 14.3 Å². The van der Waals surface area contributed by atoms with E-state index in [-0.39, 0.29) is 0 Å². The van der Waals surface area contributed by atoms with Gasteiger partial charge in [0, 0.05) is 17.3 Å². The number of benzene rings is 2. The Balaban J connectivity index is 1.60. The van der Waals surface area contributed by atoms with Crippen molar-refractivity contribution in [2.24, 2.45) is 0 Å². The van der Waals surface area contributed by atoms with Crippen LogP contribution in [0.15, 0.2) is 60.7 Å². The number of nitrogens with one attached hydrogen (secondary N) is 1. The number of rotatable bonds is 7. The van der Waals surface area contributed by atoms with E-state index >= 15 is 0 Å². The van der Waals surface area contributed by atoms with Crippen molar-refractivity contribution >= 4 is 23.6 Å². The van der Waals surface area contributed by atoms with E-state index in [1.165, 1.54) is 13.2 Å². The Hall–Kier alpha value is -3.87. The zero-order valence-electron chi connectivity index (χ0n) is 17.1. The van der Waals surface area contributed by atoms with Gasteiger partial charge >= 0.3 is 5.97 Å². The first-order valence-corrected chi connectivity index (χ1v) is 9.39. The average molecular weight is 405 g/mol. The number of aryl methyl sites for hydroxylation is 1. The molecule has 30 heavy (non-hydrogen) atoms. The highest BCUT2D eigenvalue weighted by molar-refractivity contribution is 5.95. The average Bonchev–Trinajstić information content (AvgIpc) is 3.05. The standard InChI is InChI=1S/C23H23N3O4/c1-16-19(17(2)26(25-16)18-9-5-4-6-10-18)13-14-23(28)30-15-22(27)24-20-11-7-8-12-21(20)29-3/h4-14H,15H2,1-3H3,(H,24,27)/b14-13+. The van der Waals surface area contributed by atoms with Crippen molar-refractivity contribution in [1.29, 1.82) is 0 Å². The lowest BCUT2D eigenvalue weighted by Crippen LogP contribution is -2.20. The van der Waals surface area contributed by atoms with Crippen molar-refractivity contribution in [3.05, 3.63) is 77.6 Å². The first kappa shape index (κ1) is 20.9. The Kier molecular flexibility index (Phi) is 6.64. The van der Waals surface area contributed by atoms with Crippen molar-refractivity contribution in [3.8, 4) is 11.4 Å². The molecule has 7 heteroatoms. The van der Waals surface area contributed by atoms with Crippen LogP contribution >= 0.6 is 0 Å². The van der Waals surface area contributed by atoms with Gasteiger partial charge in [0.25, 0.3) is 5.91 Å². The zero-order chi connectivity index (χ0) is 21.5. The molecule has 3 aromatic rings. The van der Waals surface area contributed by atoms with Crippen molar-refractivity contribution in [3.63, 3.8) is 0 Å². The number of anilines is 1. The third kappa shape index (κ3) is 4.94. The second-order valence-electron chi connectivity index (χ2n) is 6.52. The van der Waals surface area contributed by atoms with Crippen LogP contribution in [0, 0.1) is 13.8 Å². The Morgan fingerprint density at radius 1 is 1.07 bits per heavy atom. The van der Waals surface area contributed by atoms with Gasteiger partial charge in [0.1, 0.15) is 5.75 Å². The van der Waals surface area contributed by atoms with Crippen molar-refractivity contribution < 1.29 is 19.1 Å². The molecule has 0 fully saturated rings. The predicted octanol–water partition coefficient (Wildman–Crippen LogP) is 3.69. The molecule has 1 aromatic heterocycles. The van der Waals surface area contributed by atoms with Gasteiger partial charge in [-0.25, -0.2) is 9.48 Å². The van der Waals surface area contributed by atoms with Gasteiger partial charge < -0.3 is 14.8 Å². The number of esters is 1. The second kappa shape index (κ2) is 9.56. The van der Waals surface area contributed by atoms with Gasteiger partial charge in [-0.15, -0.1) is 0 Å². The molecule has 1 N–H and O–H groups in total. The van der Waals surface area contributed by atoms with Crippen LogP contribution in [0.5, 0.6) is 5.75 Å². The Labute approximate surface area is 174 Å². The zero-order valence-corrected chi connectivity index (χ0v) is 17.1. The van der Waals surface area contributed by atoms with Crippen molar-refractivity contribution in [2.45, 2.75) is 13.8 Å². The largest absolute Gasteiger partial charge is 0.495 e. The van der Waals surface area contributed by atoms with Crippen molar-refractivity contribution in [2.75, 3.05) is 19.0 Å². The molecular weight excluding hydrogens is 382 g/mol. The number of carbonyl (C=O) groups excluding carboxylic acids is 2. The van der Waals surface area contributed by atoms with E-state index < -0.39 is 18.5 Å². The topological polar surface area (TPSA) is 82.4 Å². The molecule has 3 rings (SSSR count). The molecule has 0 bridgehead atoms. The van der Waals surface area contributed by atoms with Crippen LogP contribution in [0.25, 0.3) is 11.8 Å². The number of hydrogen-bond donors (Lipinski definition) is 1. The number of amides is 1. The van der Waals surface area contributed by atoms with E-state index in [0.717, 1.165) is 22.6 Å². The highest BCUT2D eigenvalue weighted by Gasteiger charge is 2.12. The molecule has 0 radical (unpaired) electrons. The molecule has 0 aliphatic carbocycles. The maximum atomic E-state index is 12.1. The first-order valence-electron chi connectivity index (χ1n) is 9.39. The Morgan fingerprint density at radius 2 is 1.77 bits per heavy atom. The molecule has 0 aliphatic heterocycles. The maximum Gasteiger partial charge on any atom is 0.331 e. The third-order valence-corrected chi connectivity index (χ3v) is 4.46. The number of aromatic nitrogens is 2. The van der Waals surface area contributed by atoms with E-state index in [1.807, 2.05) is 48.9 Å². The summed E-state index contributed by atoms with van der Waals surface area (Å²) in [6.07, 6.45) is 2.94. The van der Waals surface area contributed by atoms with E-state index in [9.17, 15) is 9.59 Å². The molecule has 154 valence electrons. The number of ether oxygens (including phenoxy) is 2. The first-order chi connectivity index (χ1) is 14.5. The van der Waals surface area contributed by atoms with Crippen molar-refractivity contribution in [1.82, 2.24) is 9.78 Å². The fourth-order valence-corrected chi connectivity index (χ4v) is 2.99. The second-order valence-corrected chi connectivity index (χ2v) is 6.52. The number of para-hydroxylation sites is 3. The minimum atomic E-state index is -0.614. The highest BCUT2D eigenvalue weighted by atomic mass is 16.5. The summed E-state index contributed by atoms with van der Waals surface area (Å²) in [5, 5.41) is 7.18. The number of methoxy groups -OCH3 is 1. The summed E-state index contributed by atoms with van der Waals surface area (Å²) in [6, 6.07) is 16.7. The normalized spacial score (nSPS) is 10.8. The molecular formula is C23H23N3O4. The monoisotopic (exact) mass is 405 g/mol. The molecule has 0 saturated heterocycles. The van der Waals surface area contributed by atoms with Crippen LogP contribution in [0.2, 0.25) is 0 Å². The fourth-order valence-electron chi connectivity index (χ4n) is 2.99. The lowest BCUT2D eigenvalue weighted by molar-refractivity contribution is -0.142. The van der Waals surface area contributed by atoms with Gasteiger partial charge in [0.05, 0.1) is 24.2 Å². The molecule has 1 amide bonds. The van der Waals surface area contributed by atoms with Crippen LogP contribution in [0.1, 0.15) is 17.0 Å². The molecule has 0 saturated carbocycles. The summed E-state index contributed by atoms with van der Waals surface area (Å²) < 4.78 is 12.0. The Morgan fingerprint density at radius 3 is 2.50 bits per heavy atom. The minimum absolute atomic E-state index is 0.400. The van der Waals surface area contributed by atoms with Gasteiger partial charge in [-0.3, -0.25) is 4.79 Å². The summed E-state index contributed by atoms with van der Waals surface area (Å²) in [5.74, 6) is -0.541. The molecule has 0 unspecified atom stereocenters. The van der Waals surface area contributed by atoms with Crippen LogP contribution in [0.4, 0.5) is 5.69 Å². The SMILES string of the molecule is COc1ccccc1NC(=O)COC(=O)/C=C/c1c(C)nn(-c2ccccc2)c1C. The number of nitrogens with zero attached hydrogens (tertiary/aromatic N) is 2. The van der Waals surface area contributed by atoms with Gasteiger partial charge in [-0.05, 0) is 44.2 Å². The predicted molar refractivity (Wildman–Crippen MR) is 115 cm³/mol. The number of carbonyl (C=O) groups is 2. The summed E-state index contributed by atoms with van der Waals surface area (Å²) in [6.45, 7) is 3.40. The van der Waals surface area contributed by atoms with Gasteiger partial charge in [-0.1, -0.05) is 30.3 Å². The van der Waals surface area contributed by atoms with Gasteiger partial charge in [0.15, 0.2) is 6.61 Å². The van der Waals surface area contributed by atoms with E-state index in [4.69, 9.17) is 9.47 Å². The molecule has 7 nitrogen and oxygen atoms in total. The van der Waals surface area contributed by atoms with E-state index in [1.54, 1.807) is 30.3 Å². The molecule has 0 atom stereocenters. The van der Waals surface area contributed by atoms with Crippen LogP contribution in [0.3, 0.4) is 0 Å². The van der Waals surface area contributed by atoms with E-state index in [0.29, 0.717) is 11.4 Å². The van der Waals surface area contributed by atoms with Crippen LogP contribution in [-0.4, -0.2) is 35.4 Å². The molecule has 0 spiro atoms. The summed E-state index contributed by atoms with van der Waals surface area (Å²) in [7, 11) is 1.51. The fraction of sp³-hybridized carbons (Fsp3) is 0.174. The van der Waals surface area contributed by atoms with Gasteiger partial charge in [-0.2, -0.15) is 5.10 Å². The number of hydrogen-bond acceptors (Lipinski definition) is 5. The lowest BCUT2D eigenvalue weighted by atomic mass is 10.2. The van der Waals surface area contributed by atoms with E-state index in [2.05, 4.69) is 10.4 Å². The highest BCUT2D eigenvalue weighted by Crippen LogP contribution is 2.23. The minimum Gasteiger partial charge on any atom is -0.495 e. The lowest BCUT2D eigenvalue weighted by Gasteiger charge is -2.09. The summed E-state index contributed by atoms with van der Waals surface area (Å²) >= 11 is 0. The molecule has 1 heterocycles. The quantitative estimate of drug-likeness (QED) is 0.479. The summed E-state index contributed by atoms with van der Waals surface area (Å²) in [5.41, 5.74) is 3.96. The maximum absolute atomic E-state index is 12.1. The molecule has 2 aromatic carbocycles.